The van der Waals surface area contributed by atoms with Crippen molar-refractivity contribution in [3.8, 4) is 22.3 Å². The van der Waals surface area contributed by atoms with E-state index in [4.69, 9.17) is 13.3 Å². The van der Waals surface area contributed by atoms with Crippen LogP contribution in [0.2, 0.25) is 0 Å². The first kappa shape index (κ1) is 31.6. The Balaban J connectivity index is 1.02. The lowest BCUT2D eigenvalue weighted by Crippen LogP contribution is -2.11. The number of furan rings is 3. The Bertz CT molecular complexity index is 3630. The first-order valence-corrected chi connectivity index (χ1v) is 19.9. The number of allylic oxidation sites excluding steroid dienone is 1. The number of hydrogen-bond acceptors (Lipinski definition) is 3. The molecular weight excluding hydrogens is 711 g/mol. The van der Waals surface area contributed by atoms with Gasteiger partial charge in [0.25, 0.3) is 0 Å². The second-order valence-electron chi connectivity index (χ2n) is 15.5. The summed E-state index contributed by atoms with van der Waals surface area (Å²) in [6, 6.07) is 62.5. The second kappa shape index (κ2) is 12.0. The predicted molar refractivity (Wildman–Crippen MR) is 237 cm³/mol. The van der Waals surface area contributed by atoms with Gasteiger partial charge in [-0.1, -0.05) is 133 Å². The molecule has 58 heavy (non-hydrogen) atoms. The molecule has 0 radical (unpaired) electrons. The van der Waals surface area contributed by atoms with Gasteiger partial charge in [-0.25, -0.2) is 0 Å². The molecule has 272 valence electrons. The molecule has 4 heterocycles. The van der Waals surface area contributed by atoms with E-state index in [0.29, 0.717) is 0 Å². The molecule has 0 saturated heterocycles. The molecule has 8 aromatic carbocycles. The van der Waals surface area contributed by atoms with E-state index in [9.17, 15) is 0 Å². The lowest BCUT2D eigenvalue weighted by atomic mass is 9.84. The van der Waals surface area contributed by atoms with Crippen molar-refractivity contribution in [2.75, 3.05) is 0 Å². The van der Waals surface area contributed by atoms with Crippen molar-refractivity contribution in [3.63, 3.8) is 0 Å². The summed E-state index contributed by atoms with van der Waals surface area (Å²) in [7, 11) is 0. The number of rotatable bonds is 4. The fourth-order valence-electron chi connectivity index (χ4n) is 9.73. The summed E-state index contributed by atoms with van der Waals surface area (Å²) in [5.41, 5.74) is 14.7. The van der Waals surface area contributed by atoms with Crippen molar-refractivity contribution in [2.24, 2.45) is 0 Å². The Kier molecular flexibility index (Phi) is 6.53. The van der Waals surface area contributed by atoms with Crippen molar-refractivity contribution >= 4 is 82.3 Å². The molecule has 4 nitrogen and oxygen atoms in total. The van der Waals surface area contributed by atoms with Crippen LogP contribution in [0.15, 0.2) is 195 Å². The Morgan fingerprint density at radius 1 is 0.414 bits per heavy atom. The highest BCUT2D eigenvalue weighted by atomic mass is 16.3. The maximum Gasteiger partial charge on any atom is 0.155 e. The van der Waals surface area contributed by atoms with Crippen LogP contribution >= 0.6 is 0 Å². The minimum absolute atomic E-state index is 0.0950. The molecule has 12 aromatic rings. The molecule has 1 aliphatic rings. The van der Waals surface area contributed by atoms with Crippen LogP contribution in [-0.4, -0.2) is 4.57 Å². The van der Waals surface area contributed by atoms with Gasteiger partial charge in [0.05, 0.1) is 16.7 Å². The lowest BCUT2D eigenvalue weighted by Gasteiger charge is -2.23. The molecule has 1 aliphatic carbocycles. The summed E-state index contributed by atoms with van der Waals surface area (Å²) in [5.74, 6) is 1.01. The molecule has 4 aromatic heterocycles. The summed E-state index contributed by atoms with van der Waals surface area (Å²) < 4.78 is 22.4. The number of fused-ring (bicyclic) bond motifs is 12. The SMILES string of the molecule is C1=C(n2c3ccccc3c3ccccc32)c2oc3c(-c4cccc(-c5cccc6c5oc5ccccc56)c4)cccc3c2CC1c1ccc2oc3ccccc3c2c1. The molecule has 0 fully saturated rings. The topological polar surface area (TPSA) is 44.4 Å². The van der Waals surface area contributed by atoms with Gasteiger partial charge in [-0.15, -0.1) is 0 Å². The molecule has 0 spiro atoms. The van der Waals surface area contributed by atoms with E-state index in [-0.39, 0.29) is 5.92 Å². The van der Waals surface area contributed by atoms with Gasteiger partial charge < -0.3 is 17.8 Å². The summed E-state index contributed by atoms with van der Waals surface area (Å²) in [6.07, 6.45) is 3.24. The number of aromatic nitrogens is 1. The summed E-state index contributed by atoms with van der Waals surface area (Å²) in [4.78, 5) is 0. The third kappa shape index (κ3) is 4.51. The Labute approximate surface area is 332 Å². The van der Waals surface area contributed by atoms with Crippen LogP contribution in [0.1, 0.15) is 22.8 Å². The van der Waals surface area contributed by atoms with Crippen molar-refractivity contribution in [1.29, 1.82) is 0 Å². The number of hydrogen-bond donors (Lipinski definition) is 0. The van der Waals surface area contributed by atoms with Gasteiger partial charge in [0.1, 0.15) is 27.9 Å². The smallest absolute Gasteiger partial charge is 0.155 e. The zero-order chi connectivity index (χ0) is 37.9. The van der Waals surface area contributed by atoms with Gasteiger partial charge in [0, 0.05) is 60.3 Å². The molecule has 0 bridgehead atoms. The van der Waals surface area contributed by atoms with Crippen molar-refractivity contribution < 1.29 is 13.3 Å². The van der Waals surface area contributed by atoms with Gasteiger partial charge in [-0.2, -0.15) is 0 Å². The molecule has 4 heteroatoms. The van der Waals surface area contributed by atoms with Crippen molar-refractivity contribution in [2.45, 2.75) is 12.3 Å². The van der Waals surface area contributed by atoms with Crippen LogP contribution in [0, 0.1) is 0 Å². The average Bonchev–Trinajstić information content (AvgIpc) is 4.05. The molecule has 0 saturated carbocycles. The molecule has 13 rings (SSSR count). The first-order valence-electron chi connectivity index (χ1n) is 19.9. The molecule has 0 aliphatic heterocycles. The first-order chi connectivity index (χ1) is 28.7. The van der Waals surface area contributed by atoms with E-state index in [1.165, 1.54) is 21.9 Å². The van der Waals surface area contributed by atoms with E-state index in [0.717, 1.165) is 106 Å². The van der Waals surface area contributed by atoms with E-state index in [1.807, 2.05) is 24.3 Å². The minimum atomic E-state index is 0.0950. The minimum Gasteiger partial charge on any atom is -0.456 e. The zero-order valence-electron chi connectivity index (χ0n) is 31.3. The average molecular weight is 744 g/mol. The largest absolute Gasteiger partial charge is 0.456 e. The third-order valence-corrected chi connectivity index (χ3v) is 12.4. The normalized spacial score (nSPS) is 14.4. The maximum atomic E-state index is 7.24. The Morgan fingerprint density at radius 3 is 1.69 bits per heavy atom. The number of para-hydroxylation sites is 6. The van der Waals surface area contributed by atoms with Gasteiger partial charge >= 0.3 is 0 Å². The van der Waals surface area contributed by atoms with Crippen LogP contribution in [-0.2, 0) is 6.42 Å². The highest BCUT2D eigenvalue weighted by Gasteiger charge is 2.31. The van der Waals surface area contributed by atoms with E-state index < -0.39 is 0 Å². The van der Waals surface area contributed by atoms with Crippen LogP contribution in [0.3, 0.4) is 0 Å². The van der Waals surface area contributed by atoms with E-state index in [1.54, 1.807) is 0 Å². The van der Waals surface area contributed by atoms with E-state index in [2.05, 4.69) is 162 Å². The van der Waals surface area contributed by atoms with Crippen molar-refractivity contribution in [1.82, 2.24) is 4.57 Å². The number of nitrogens with zero attached hydrogens (tertiary/aromatic N) is 1. The predicted octanol–water partition coefficient (Wildman–Crippen LogP) is 14.9. The maximum absolute atomic E-state index is 7.24. The quantitative estimate of drug-likeness (QED) is 0.180. The van der Waals surface area contributed by atoms with Crippen LogP contribution in [0.4, 0.5) is 0 Å². The van der Waals surface area contributed by atoms with Gasteiger partial charge in [0.2, 0.25) is 0 Å². The monoisotopic (exact) mass is 743 g/mol. The van der Waals surface area contributed by atoms with Crippen LogP contribution in [0.5, 0.6) is 0 Å². The Morgan fingerprint density at radius 2 is 0.966 bits per heavy atom. The van der Waals surface area contributed by atoms with Gasteiger partial charge in [0.15, 0.2) is 5.76 Å². The van der Waals surface area contributed by atoms with E-state index >= 15 is 0 Å². The zero-order valence-corrected chi connectivity index (χ0v) is 31.3. The molecule has 1 atom stereocenters. The van der Waals surface area contributed by atoms with Crippen LogP contribution < -0.4 is 0 Å². The lowest BCUT2D eigenvalue weighted by molar-refractivity contribution is 0.582. The fourth-order valence-corrected chi connectivity index (χ4v) is 9.73. The molecule has 0 N–H and O–H groups in total. The number of benzene rings is 8. The van der Waals surface area contributed by atoms with Crippen LogP contribution in [0.25, 0.3) is 105 Å². The summed E-state index contributed by atoms with van der Waals surface area (Å²) in [6.45, 7) is 0. The highest BCUT2D eigenvalue weighted by molar-refractivity contribution is 6.12. The second-order valence-corrected chi connectivity index (χ2v) is 15.5. The summed E-state index contributed by atoms with van der Waals surface area (Å²) >= 11 is 0. The molecule has 0 amide bonds. The highest BCUT2D eigenvalue weighted by Crippen LogP contribution is 2.47. The van der Waals surface area contributed by atoms with Crippen molar-refractivity contribution in [3.05, 3.63) is 199 Å². The molecule has 1 unspecified atom stereocenters. The standard InChI is InChI=1S/C54H33NO3/c1-5-22-46-38(14-1)39-15-2-6-23-47(39)55(46)48-31-35(32-26-27-51-44(29-32)41-17-4-7-24-49(41)56-51)30-45-43-21-11-19-37(53(43)58-54(45)48)34-13-9-12-33(28-34)36-18-10-20-42-40-16-3-8-25-50(40)57-52(36)42/h1-29,31,35H,30H2. The molecular formula is C54H33NO3. The third-order valence-electron chi connectivity index (χ3n) is 12.4. The fraction of sp³-hybridized carbons (Fsp3) is 0.0370. The summed E-state index contributed by atoms with van der Waals surface area (Å²) in [5, 5.41) is 8.12. The van der Waals surface area contributed by atoms with Gasteiger partial charge in [-0.3, -0.25) is 0 Å². The Hall–Kier alpha value is -7.56. The van der Waals surface area contributed by atoms with Gasteiger partial charge in [-0.05, 0) is 71.7 Å².